The number of benzene rings is 1. The Hall–Kier alpha value is -1.63. The van der Waals surface area contributed by atoms with Gasteiger partial charge in [0, 0.05) is 15.5 Å². The molecule has 4 heteroatoms. The van der Waals surface area contributed by atoms with Crippen molar-refractivity contribution in [2.24, 2.45) is 0 Å². The Bertz CT molecular complexity index is 613. The van der Waals surface area contributed by atoms with Gasteiger partial charge >= 0.3 is 0 Å². The molecule has 0 aliphatic carbocycles. The summed E-state index contributed by atoms with van der Waals surface area (Å²) in [5, 5.41) is 11.6. The predicted molar refractivity (Wildman–Crippen MR) is 73.2 cm³/mol. The van der Waals surface area contributed by atoms with Crippen molar-refractivity contribution < 1.29 is 4.79 Å². The highest BCUT2D eigenvalue weighted by atomic mass is 35.5. The van der Waals surface area contributed by atoms with Crippen LogP contribution >= 0.6 is 22.9 Å². The maximum absolute atomic E-state index is 12.4. The average Bonchev–Trinajstić information content (AvgIpc) is 2.87. The molecule has 0 spiro atoms. The molecule has 0 saturated carbocycles. The second kappa shape index (κ2) is 5.34. The highest BCUT2D eigenvalue weighted by Gasteiger charge is 2.24. The van der Waals surface area contributed by atoms with Crippen LogP contribution in [0, 0.1) is 18.3 Å². The third-order valence-corrected chi connectivity index (χ3v) is 4.10. The van der Waals surface area contributed by atoms with Crippen LogP contribution in [0.3, 0.4) is 0 Å². The minimum atomic E-state index is -0.748. The van der Waals surface area contributed by atoms with Crippen molar-refractivity contribution in [3.8, 4) is 6.07 Å². The Morgan fingerprint density at radius 1 is 1.39 bits per heavy atom. The van der Waals surface area contributed by atoms with E-state index in [0.29, 0.717) is 10.6 Å². The molecule has 1 atom stereocenters. The molecule has 0 fully saturated rings. The first-order chi connectivity index (χ1) is 8.65. The average molecular weight is 276 g/mol. The van der Waals surface area contributed by atoms with E-state index in [4.69, 9.17) is 11.6 Å². The molecule has 18 heavy (non-hydrogen) atoms. The molecule has 1 heterocycles. The van der Waals surface area contributed by atoms with Gasteiger partial charge in [-0.25, -0.2) is 0 Å². The fourth-order valence-corrected chi connectivity index (χ4v) is 2.68. The summed E-state index contributed by atoms with van der Waals surface area (Å²) in [5.74, 6) is -0.942. The van der Waals surface area contributed by atoms with Crippen molar-refractivity contribution in [1.82, 2.24) is 0 Å². The summed E-state index contributed by atoms with van der Waals surface area (Å²) in [7, 11) is 0. The lowest BCUT2D eigenvalue weighted by Crippen LogP contribution is -2.11. The van der Waals surface area contributed by atoms with Crippen molar-refractivity contribution in [3.63, 3.8) is 0 Å². The van der Waals surface area contributed by atoms with E-state index in [-0.39, 0.29) is 5.78 Å². The van der Waals surface area contributed by atoms with Crippen LogP contribution in [0.15, 0.2) is 35.7 Å². The van der Waals surface area contributed by atoms with Gasteiger partial charge in [-0.1, -0.05) is 29.8 Å². The van der Waals surface area contributed by atoms with Gasteiger partial charge in [0.1, 0.15) is 5.92 Å². The topological polar surface area (TPSA) is 40.9 Å². The van der Waals surface area contributed by atoms with E-state index in [9.17, 15) is 10.1 Å². The van der Waals surface area contributed by atoms with E-state index in [0.717, 1.165) is 10.4 Å². The van der Waals surface area contributed by atoms with E-state index >= 15 is 0 Å². The lowest BCUT2D eigenvalue weighted by Gasteiger charge is -2.09. The number of rotatable bonds is 3. The van der Waals surface area contributed by atoms with Gasteiger partial charge in [-0.15, -0.1) is 11.3 Å². The zero-order valence-electron chi connectivity index (χ0n) is 9.68. The van der Waals surface area contributed by atoms with E-state index in [1.54, 1.807) is 31.2 Å². The first kappa shape index (κ1) is 12.8. The molecule has 0 saturated heterocycles. The fraction of sp³-hybridized carbons (Fsp3) is 0.143. The molecular formula is C14H10ClNOS. The highest BCUT2D eigenvalue weighted by Crippen LogP contribution is 2.27. The quantitative estimate of drug-likeness (QED) is 0.788. The van der Waals surface area contributed by atoms with E-state index in [2.05, 4.69) is 6.07 Å². The van der Waals surface area contributed by atoms with Gasteiger partial charge < -0.3 is 0 Å². The second-order valence-electron chi connectivity index (χ2n) is 3.85. The molecule has 0 aliphatic heterocycles. The first-order valence-electron chi connectivity index (χ1n) is 5.37. The number of hydrogen-bond donors (Lipinski definition) is 0. The van der Waals surface area contributed by atoms with Crippen LogP contribution in [0.5, 0.6) is 0 Å². The van der Waals surface area contributed by atoms with Gasteiger partial charge in [-0.3, -0.25) is 4.79 Å². The molecule has 1 aromatic carbocycles. The Morgan fingerprint density at radius 3 is 2.78 bits per heavy atom. The van der Waals surface area contributed by atoms with Crippen molar-refractivity contribution >= 4 is 28.7 Å². The Labute approximate surface area is 114 Å². The fourth-order valence-electron chi connectivity index (χ4n) is 1.74. The molecule has 0 radical (unpaired) electrons. The largest absolute Gasteiger partial charge is 0.292 e. The van der Waals surface area contributed by atoms with E-state index in [1.165, 1.54) is 11.3 Å². The highest BCUT2D eigenvalue weighted by molar-refractivity contribution is 7.10. The number of ketones is 1. The van der Waals surface area contributed by atoms with E-state index < -0.39 is 5.92 Å². The molecule has 2 rings (SSSR count). The lowest BCUT2D eigenvalue weighted by atomic mass is 9.94. The summed E-state index contributed by atoms with van der Waals surface area (Å²) in [6, 6.07) is 10.9. The van der Waals surface area contributed by atoms with Crippen LogP contribution in [0.4, 0.5) is 0 Å². The van der Waals surface area contributed by atoms with Gasteiger partial charge in [0.25, 0.3) is 0 Å². The van der Waals surface area contributed by atoms with Crippen LogP contribution < -0.4 is 0 Å². The molecule has 0 bridgehead atoms. The van der Waals surface area contributed by atoms with Gasteiger partial charge in [-0.05, 0) is 30.0 Å². The molecular weight excluding hydrogens is 266 g/mol. The van der Waals surface area contributed by atoms with Crippen LogP contribution in [0.2, 0.25) is 5.02 Å². The smallest absolute Gasteiger partial charge is 0.185 e. The summed E-state index contributed by atoms with van der Waals surface area (Å²) in [5.41, 5.74) is 1.24. The summed E-state index contributed by atoms with van der Waals surface area (Å²) in [6.45, 7) is 1.79. The number of nitrogens with zero attached hydrogens (tertiary/aromatic N) is 1. The minimum absolute atomic E-state index is 0.194. The number of Topliss-reactive ketones (excluding diaryl/α,β-unsaturated/α-hetero) is 1. The Morgan fingerprint density at radius 2 is 2.17 bits per heavy atom. The third-order valence-electron chi connectivity index (χ3n) is 2.75. The normalized spacial score (nSPS) is 11.8. The number of halogens is 1. The van der Waals surface area contributed by atoms with Crippen molar-refractivity contribution in [2.75, 3.05) is 0 Å². The SMILES string of the molecule is Cc1c(Cl)cccc1C(=O)C(C#N)c1cccs1. The maximum atomic E-state index is 12.4. The molecule has 0 amide bonds. The first-order valence-corrected chi connectivity index (χ1v) is 6.63. The molecule has 0 N–H and O–H groups in total. The maximum Gasteiger partial charge on any atom is 0.185 e. The number of hydrogen-bond acceptors (Lipinski definition) is 3. The number of carbonyl (C=O) groups is 1. The van der Waals surface area contributed by atoms with Crippen molar-refractivity contribution in [2.45, 2.75) is 12.8 Å². The standard InChI is InChI=1S/C14H10ClNOS/c1-9-10(4-2-5-12(9)15)14(17)11(8-16)13-6-3-7-18-13/h2-7,11H,1H3. The monoisotopic (exact) mass is 275 g/mol. The zero-order chi connectivity index (χ0) is 13.1. The van der Waals surface area contributed by atoms with Crippen LogP contribution in [0.1, 0.15) is 26.7 Å². The van der Waals surface area contributed by atoms with Crippen LogP contribution in [0.25, 0.3) is 0 Å². The second-order valence-corrected chi connectivity index (χ2v) is 5.24. The number of nitriles is 1. The Kier molecular flexibility index (Phi) is 3.81. The van der Waals surface area contributed by atoms with Crippen LogP contribution in [-0.2, 0) is 0 Å². The summed E-state index contributed by atoms with van der Waals surface area (Å²) in [4.78, 5) is 13.1. The number of carbonyl (C=O) groups excluding carboxylic acids is 1. The van der Waals surface area contributed by atoms with Crippen molar-refractivity contribution in [1.29, 1.82) is 5.26 Å². The van der Waals surface area contributed by atoms with Gasteiger partial charge in [-0.2, -0.15) is 5.26 Å². The molecule has 2 aromatic rings. The number of thiophene rings is 1. The minimum Gasteiger partial charge on any atom is -0.292 e. The predicted octanol–water partition coefficient (Wildman–Crippen LogP) is 4.20. The van der Waals surface area contributed by atoms with Crippen molar-refractivity contribution in [3.05, 3.63) is 56.7 Å². The van der Waals surface area contributed by atoms with E-state index in [1.807, 2.05) is 11.4 Å². The van der Waals surface area contributed by atoms with Crippen LogP contribution in [-0.4, -0.2) is 5.78 Å². The lowest BCUT2D eigenvalue weighted by molar-refractivity contribution is 0.0979. The summed E-state index contributed by atoms with van der Waals surface area (Å²) >= 11 is 7.41. The molecule has 2 nitrogen and oxygen atoms in total. The molecule has 0 aliphatic rings. The molecule has 90 valence electrons. The zero-order valence-corrected chi connectivity index (χ0v) is 11.3. The molecule has 1 unspecified atom stereocenters. The third kappa shape index (κ3) is 2.31. The summed E-state index contributed by atoms with van der Waals surface area (Å²) in [6.07, 6.45) is 0. The summed E-state index contributed by atoms with van der Waals surface area (Å²) < 4.78 is 0. The van der Waals surface area contributed by atoms with Gasteiger partial charge in [0.05, 0.1) is 6.07 Å². The van der Waals surface area contributed by atoms with Gasteiger partial charge in [0.2, 0.25) is 0 Å². The Balaban J connectivity index is 2.42. The molecule has 1 aromatic heterocycles. The van der Waals surface area contributed by atoms with Gasteiger partial charge in [0.15, 0.2) is 5.78 Å².